The number of hydrogen-bond acceptors (Lipinski definition) is 8. The van der Waals surface area contributed by atoms with Gasteiger partial charge in [0.05, 0.1) is 27.7 Å². The number of phosphoric ester groups is 1. The minimum atomic E-state index is -4.63. The summed E-state index contributed by atoms with van der Waals surface area (Å²) in [6, 6.07) is 0. The van der Waals surface area contributed by atoms with Gasteiger partial charge in [0.25, 0.3) is 7.82 Å². The van der Waals surface area contributed by atoms with Gasteiger partial charge in [0.2, 0.25) is 0 Å². The van der Waals surface area contributed by atoms with E-state index < -0.39 is 32.5 Å². The number of allylic oxidation sites excluding steroid dienone is 5. The molecule has 0 aromatic rings. The van der Waals surface area contributed by atoms with Gasteiger partial charge in [-0.3, -0.25) is 14.2 Å². The zero-order chi connectivity index (χ0) is 40.0. The molecule has 9 nitrogen and oxygen atoms in total. The lowest BCUT2D eigenvalue weighted by atomic mass is 10.0. The SMILES string of the molecule is C=CCCCCCCCCCCCCCCCC(=O)O[C@H](COC(=O)CCCC/C=C/C/C=C/CCCCCCCC)COP(=O)([O-])OCC[N+](C)(C)C. The molecule has 316 valence electrons. The smallest absolute Gasteiger partial charge is 0.306 e. The molecular formula is C44H82NO8P. The molecule has 0 aliphatic heterocycles. The second kappa shape index (κ2) is 36.8. The average Bonchev–Trinajstić information content (AvgIpc) is 3.12. The van der Waals surface area contributed by atoms with Crippen LogP contribution in [0.1, 0.15) is 180 Å². The lowest BCUT2D eigenvalue weighted by Crippen LogP contribution is -2.37. The molecule has 10 heteroatoms. The number of unbranched alkanes of at least 4 members (excludes halogenated alkanes) is 21. The zero-order valence-electron chi connectivity index (χ0n) is 35.3. The molecule has 0 radical (unpaired) electrons. The summed E-state index contributed by atoms with van der Waals surface area (Å²) < 4.78 is 33.8. The van der Waals surface area contributed by atoms with E-state index in [1.165, 1.54) is 96.3 Å². The summed E-state index contributed by atoms with van der Waals surface area (Å²) in [7, 11) is 1.15. The molecule has 0 aromatic heterocycles. The van der Waals surface area contributed by atoms with Gasteiger partial charge in [-0.2, -0.15) is 0 Å². The maximum absolute atomic E-state index is 12.7. The van der Waals surface area contributed by atoms with Crippen LogP contribution in [0.2, 0.25) is 0 Å². The number of hydrogen-bond donors (Lipinski definition) is 0. The van der Waals surface area contributed by atoms with Crippen LogP contribution in [0.4, 0.5) is 0 Å². The Morgan fingerprint density at radius 2 is 1.09 bits per heavy atom. The molecule has 0 saturated heterocycles. The summed E-state index contributed by atoms with van der Waals surface area (Å²) in [6.07, 6.45) is 39.2. The molecule has 54 heavy (non-hydrogen) atoms. The van der Waals surface area contributed by atoms with Gasteiger partial charge in [-0.05, 0) is 57.8 Å². The fourth-order valence-electron chi connectivity index (χ4n) is 5.84. The first-order valence-electron chi connectivity index (χ1n) is 21.7. The number of carbonyl (C=O) groups is 2. The summed E-state index contributed by atoms with van der Waals surface area (Å²) in [5.41, 5.74) is 0. The molecule has 0 N–H and O–H groups in total. The van der Waals surface area contributed by atoms with Gasteiger partial charge in [-0.1, -0.05) is 140 Å². The summed E-state index contributed by atoms with van der Waals surface area (Å²) >= 11 is 0. The van der Waals surface area contributed by atoms with Crippen molar-refractivity contribution in [3.05, 3.63) is 37.0 Å². The first-order chi connectivity index (χ1) is 26.0. The van der Waals surface area contributed by atoms with Crippen molar-refractivity contribution in [2.24, 2.45) is 0 Å². The Bertz CT molecular complexity index is 1010. The number of rotatable bonds is 40. The topological polar surface area (TPSA) is 111 Å². The minimum Gasteiger partial charge on any atom is -0.756 e. The lowest BCUT2D eigenvalue weighted by Gasteiger charge is -2.28. The van der Waals surface area contributed by atoms with Crippen molar-refractivity contribution in [3.63, 3.8) is 0 Å². The second-order valence-electron chi connectivity index (χ2n) is 15.8. The van der Waals surface area contributed by atoms with Crippen LogP contribution in [0, 0.1) is 0 Å². The molecular weight excluding hydrogens is 701 g/mol. The molecule has 0 saturated carbocycles. The van der Waals surface area contributed by atoms with Gasteiger partial charge in [-0.25, -0.2) is 0 Å². The zero-order valence-corrected chi connectivity index (χ0v) is 36.1. The van der Waals surface area contributed by atoms with E-state index in [0.717, 1.165) is 51.4 Å². The molecule has 0 rings (SSSR count). The highest BCUT2D eigenvalue weighted by Crippen LogP contribution is 2.38. The molecule has 1 unspecified atom stereocenters. The summed E-state index contributed by atoms with van der Waals surface area (Å²) in [6.45, 7) is 5.70. The number of esters is 2. The molecule has 0 bridgehead atoms. The second-order valence-corrected chi connectivity index (χ2v) is 17.2. The molecule has 0 fully saturated rings. The number of quaternary nitrogens is 1. The van der Waals surface area contributed by atoms with E-state index >= 15 is 0 Å². The third-order valence-corrected chi connectivity index (χ3v) is 10.2. The monoisotopic (exact) mass is 784 g/mol. The molecule has 0 amide bonds. The minimum absolute atomic E-state index is 0.0361. The first kappa shape index (κ1) is 52.2. The largest absolute Gasteiger partial charge is 0.756 e. The molecule has 0 aromatic carbocycles. The standard InChI is InChI=1S/C44H82NO8P/c1-6-8-10-12-14-16-18-20-22-24-26-28-30-32-34-36-43(46)50-40-42(41-52-54(48,49)51-39-38-45(3,4)5)53-44(47)37-35-33-31-29-27-25-23-21-19-17-15-13-11-9-7-2/h7,20,22,26,28,42H,2,6,8-19,21,23-25,27,29-41H2,1,3-5H3/b22-20+,28-26+/t42-/m1/s1. The van der Waals surface area contributed by atoms with Crippen molar-refractivity contribution in [2.45, 2.75) is 186 Å². The van der Waals surface area contributed by atoms with Gasteiger partial charge in [0.1, 0.15) is 19.8 Å². The normalized spacial score (nSPS) is 13.7. The number of carbonyl (C=O) groups excluding carboxylic acids is 2. The Kier molecular flexibility index (Phi) is 35.6. The van der Waals surface area contributed by atoms with Crippen LogP contribution in [-0.2, 0) is 32.7 Å². The molecule has 0 aliphatic rings. The Morgan fingerprint density at radius 1 is 0.630 bits per heavy atom. The fraction of sp³-hybridized carbons (Fsp3) is 0.818. The predicted octanol–water partition coefficient (Wildman–Crippen LogP) is 11.5. The van der Waals surface area contributed by atoms with Crippen molar-refractivity contribution in [2.75, 3.05) is 47.5 Å². The number of nitrogens with zero attached hydrogens (tertiary/aromatic N) is 1. The third kappa shape index (κ3) is 39.9. The van der Waals surface area contributed by atoms with E-state index in [1.807, 2.05) is 27.2 Å². The van der Waals surface area contributed by atoms with E-state index in [0.29, 0.717) is 23.9 Å². The van der Waals surface area contributed by atoms with Crippen LogP contribution in [0.25, 0.3) is 0 Å². The van der Waals surface area contributed by atoms with Gasteiger partial charge >= 0.3 is 11.9 Å². The summed E-state index contributed by atoms with van der Waals surface area (Å²) in [5.74, 6) is -0.874. The fourth-order valence-corrected chi connectivity index (χ4v) is 6.57. The van der Waals surface area contributed by atoms with Crippen LogP contribution >= 0.6 is 7.82 Å². The van der Waals surface area contributed by atoms with Crippen LogP contribution in [0.5, 0.6) is 0 Å². The Hall–Kier alpha value is -1.77. The van der Waals surface area contributed by atoms with Gasteiger partial charge in [0, 0.05) is 12.8 Å². The molecule has 2 atom stereocenters. The van der Waals surface area contributed by atoms with E-state index in [1.54, 1.807) is 0 Å². The highest BCUT2D eigenvalue weighted by Gasteiger charge is 2.21. The van der Waals surface area contributed by atoms with Gasteiger partial charge in [-0.15, -0.1) is 6.58 Å². The van der Waals surface area contributed by atoms with Crippen LogP contribution in [0.15, 0.2) is 37.0 Å². The van der Waals surface area contributed by atoms with Crippen molar-refractivity contribution >= 4 is 19.8 Å². The number of phosphoric acid groups is 1. The van der Waals surface area contributed by atoms with Crippen molar-refractivity contribution in [3.8, 4) is 0 Å². The van der Waals surface area contributed by atoms with Crippen molar-refractivity contribution in [1.82, 2.24) is 0 Å². The number of ether oxygens (including phenoxy) is 2. The third-order valence-electron chi connectivity index (χ3n) is 9.28. The first-order valence-corrected chi connectivity index (χ1v) is 23.1. The Labute approximate surface area is 331 Å². The van der Waals surface area contributed by atoms with Crippen molar-refractivity contribution in [1.29, 1.82) is 0 Å². The Morgan fingerprint density at radius 3 is 1.63 bits per heavy atom. The molecule has 0 spiro atoms. The summed E-state index contributed by atoms with van der Waals surface area (Å²) in [4.78, 5) is 37.5. The quantitative estimate of drug-likeness (QED) is 0.0199. The molecule has 0 aliphatic carbocycles. The predicted molar refractivity (Wildman–Crippen MR) is 222 cm³/mol. The van der Waals surface area contributed by atoms with E-state index in [-0.39, 0.29) is 26.1 Å². The average molecular weight is 784 g/mol. The summed E-state index contributed by atoms with van der Waals surface area (Å²) in [5, 5.41) is 0. The Balaban J connectivity index is 4.40. The maximum Gasteiger partial charge on any atom is 0.306 e. The van der Waals surface area contributed by atoms with Crippen LogP contribution in [0.3, 0.4) is 0 Å². The van der Waals surface area contributed by atoms with E-state index in [2.05, 4.69) is 37.8 Å². The lowest BCUT2D eigenvalue weighted by molar-refractivity contribution is -0.870. The van der Waals surface area contributed by atoms with Gasteiger partial charge in [0.15, 0.2) is 6.10 Å². The molecule has 0 heterocycles. The van der Waals surface area contributed by atoms with Gasteiger partial charge < -0.3 is 27.9 Å². The maximum atomic E-state index is 12.7. The highest BCUT2D eigenvalue weighted by molar-refractivity contribution is 7.45. The van der Waals surface area contributed by atoms with E-state index in [9.17, 15) is 19.0 Å². The van der Waals surface area contributed by atoms with E-state index in [4.69, 9.17) is 18.5 Å². The van der Waals surface area contributed by atoms with Crippen LogP contribution < -0.4 is 4.89 Å². The van der Waals surface area contributed by atoms with Crippen molar-refractivity contribution < 1.29 is 42.1 Å². The highest BCUT2D eigenvalue weighted by atomic mass is 31.2. The number of likely N-dealkylation sites (N-methyl/N-ethyl adjacent to an activating group) is 1. The van der Waals surface area contributed by atoms with Crippen LogP contribution in [-0.4, -0.2) is 70.0 Å².